The van der Waals surface area contributed by atoms with Crippen LogP contribution in [0.1, 0.15) is 70.6 Å². The van der Waals surface area contributed by atoms with Crippen molar-refractivity contribution in [2.45, 2.75) is 76.2 Å². The van der Waals surface area contributed by atoms with Crippen molar-refractivity contribution in [2.24, 2.45) is 35.5 Å². The fourth-order valence-corrected chi connectivity index (χ4v) is 7.74. The molecule has 0 aromatic carbocycles. The lowest BCUT2D eigenvalue weighted by atomic mass is 9.53. The van der Waals surface area contributed by atoms with Crippen molar-refractivity contribution in [3.63, 3.8) is 0 Å². The van der Waals surface area contributed by atoms with Crippen molar-refractivity contribution >= 4 is 17.9 Å². The predicted octanol–water partition coefficient (Wildman–Crippen LogP) is 3.15. The molecule has 154 valence electrons. The van der Waals surface area contributed by atoms with Crippen molar-refractivity contribution in [1.82, 2.24) is 10.6 Å². The summed E-state index contributed by atoms with van der Waals surface area (Å²) >= 11 is 0. The van der Waals surface area contributed by atoms with E-state index in [0.717, 1.165) is 49.4 Å². The molecule has 6 aliphatic rings. The van der Waals surface area contributed by atoms with Crippen LogP contribution in [-0.4, -0.2) is 30.1 Å². The lowest BCUT2D eigenvalue weighted by Crippen LogP contribution is -2.62. The largest absolute Gasteiger partial charge is 0.456 e. The van der Waals surface area contributed by atoms with Crippen LogP contribution < -0.4 is 10.6 Å². The van der Waals surface area contributed by atoms with Crippen molar-refractivity contribution in [3.05, 3.63) is 0 Å². The summed E-state index contributed by atoms with van der Waals surface area (Å²) in [6, 6.07) is -0.434. The summed E-state index contributed by atoms with van der Waals surface area (Å²) < 4.78 is 5.14. The van der Waals surface area contributed by atoms with E-state index in [-0.39, 0.29) is 18.1 Å². The van der Waals surface area contributed by atoms with E-state index in [0.29, 0.717) is 18.3 Å². The van der Waals surface area contributed by atoms with Gasteiger partial charge in [-0.15, -0.1) is 0 Å². The molecule has 0 aromatic heterocycles. The molecule has 2 N–H and O–H groups in total. The van der Waals surface area contributed by atoms with Gasteiger partial charge in [-0.05, 0) is 93.3 Å². The van der Waals surface area contributed by atoms with Crippen LogP contribution in [0.15, 0.2) is 0 Å². The molecule has 0 aliphatic heterocycles. The topological polar surface area (TPSA) is 84.5 Å². The molecular formula is C22H32N2O4. The van der Waals surface area contributed by atoms with Gasteiger partial charge in [-0.3, -0.25) is 14.9 Å². The average molecular weight is 389 g/mol. The van der Waals surface area contributed by atoms with E-state index in [9.17, 15) is 14.4 Å². The molecule has 0 radical (unpaired) electrons. The highest BCUT2D eigenvalue weighted by molar-refractivity contribution is 5.95. The monoisotopic (exact) mass is 388 g/mol. The minimum Gasteiger partial charge on any atom is -0.456 e. The number of carbonyl (C=O) groups excluding carboxylic acids is 3. The molecule has 0 unspecified atom stereocenters. The molecule has 28 heavy (non-hydrogen) atoms. The number of urea groups is 1. The van der Waals surface area contributed by atoms with Gasteiger partial charge in [0.1, 0.15) is 0 Å². The van der Waals surface area contributed by atoms with Gasteiger partial charge in [0.25, 0.3) is 5.91 Å². The van der Waals surface area contributed by atoms with E-state index < -0.39 is 11.9 Å². The lowest BCUT2D eigenvalue weighted by Gasteiger charge is -2.56. The van der Waals surface area contributed by atoms with Crippen molar-refractivity contribution in [3.8, 4) is 0 Å². The Morgan fingerprint density at radius 1 is 0.857 bits per heavy atom. The maximum absolute atomic E-state index is 12.4. The maximum Gasteiger partial charge on any atom is 0.321 e. The first-order chi connectivity index (χ1) is 13.5. The smallest absolute Gasteiger partial charge is 0.321 e. The second-order valence-corrected chi connectivity index (χ2v) is 10.5. The van der Waals surface area contributed by atoms with Crippen LogP contribution in [0.3, 0.4) is 0 Å². The van der Waals surface area contributed by atoms with E-state index in [4.69, 9.17) is 4.74 Å². The van der Waals surface area contributed by atoms with Crippen LogP contribution in [0.2, 0.25) is 0 Å². The molecule has 3 amide bonds. The molecular weight excluding hydrogens is 356 g/mol. The van der Waals surface area contributed by atoms with Crippen molar-refractivity contribution in [1.29, 1.82) is 0 Å². The third-order valence-electron chi connectivity index (χ3n) is 8.35. The number of carbonyl (C=O) groups is 3. The van der Waals surface area contributed by atoms with E-state index in [1.807, 2.05) is 0 Å². The highest BCUT2D eigenvalue weighted by Gasteiger charge is 2.51. The van der Waals surface area contributed by atoms with Gasteiger partial charge >= 0.3 is 12.0 Å². The molecule has 6 fully saturated rings. The zero-order chi connectivity index (χ0) is 19.3. The summed E-state index contributed by atoms with van der Waals surface area (Å²) in [5.74, 6) is 3.22. The first-order valence-electron chi connectivity index (χ1n) is 11.2. The Kier molecular flexibility index (Phi) is 4.63. The summed E-state index contributed by atoms with van der Waals surface area (Å²) in [4.78, 5) is 36.5. The fraction of sp³-hybridized carbons (Fsp3) is 0.864. The number of imide groups is 1. The Labute approximate surface area is 166 Å². The molecule has 3 atom stereocenters. The number of hydrogen-bond donors (Lipinski definition) is 2. The van der Waals surface area contributed by atoms with Crippen LogP contribution in [0, 0.1) is 35.5 Å². The first kappa shape index (κ1) is 18.4. The molecule has 6 nitrogen and oxygen atoms in total. The van der Waals surface area contributed by atoms with Crippen LogP contribution in [0.25, 0.3) is 0 Å². The summed E-state index contributed by atoms with van der Waals surface area (Å²) in [5, 5.41) is 5.47. The average Bonchev–Trinajstić information content (AvgIpc) is 3.21. The number of rotatable bonds is 5. The number of fused-ring (bicyclic) bond motifs is 2. The zero-order valence-corrected chi connectivity index (χ0v) is 16.6. The molecule has 0 aromatic rings. The van der Waals surface area contributed by atoms with E-state index in [1.165, 1.54) is 38.5 Å². The highest BCUT2D eigenvalue weighted by atomic mass is 16.5. The summed E-state index contributed by atoms with van der Waals surface area (Å²) in [6.07, 6.45) is 12.4. The van der Waals surface area contributed by atoms with E-state index >= 15 is 0 Å². The number of nitrogens with one attached hydrogen (secondary N) is 2. The van der Waals surface area contributed by atoms with Crippen LogP contribution in [-0.2, 0) is 14.3 Å². The van der Waals surface area contributed by atoms with Gasteiger partial charge in [0.15, 0.2) is 6.61 Å². The van der Waals surface area contributed by atoms with E-state index in [1.54, 1.807) is 0 Å². The predicted molar refractivity (Wildman–Crippen MR) is 102 cm³/mol. The molecule has 0 heterocycles. The Morgan fingerprint density at radius 3 is 2.11 bits per heavy atom. The van der Waals surface area contributed by atoms with Crippen molar-refractivity contribution < 1.29 is 19.1 Å². The minimum atomic E-state index is -0.538. The second kappa shape index (κ2) is 7.03. The number of ether oxygens (including phenoxy) is 1. The van der Waals surface area contributed by atoms with Crippen LogP contribution in [0.5, 0.6) is 0 Å². The fourth-order valence-electron chi connectivity index (χ4n) is 7.74. The minimum absolute atomic E-state index is 0.127. The van der Waals surface area contributed by atoms with Gasteiger partial charge in [-0.25, -0.2) is 4.79 Å². The lowest BCUT2D eigenvalue weighted by molar-refractivity contribution is -0.149. The highest BCUT2D eigenvalue weighted by Crippen LogP contribution is 2.55. The Morgan fingerprint density at radius 2 is 1.54 bits per heavy atom. The quantitative estimate of drug-likeness (QED) is 0.709. The first-order valence-corrected chi connectivity index (χ1v) is 11.2. The second-order valence-electron chi connectivity index (χ2n) is 10.5. The Hall–Kier alpha value is -1.59. The molecule has 6 aliphatic carbocycles. The molecule has 6 heteroatoms. The number of amides is 3. The standard InChI is InChI=1S/C22H32N2O4/c25-19(12-28-20(26)8-18-7-13-1-2-17(18)6-13)23-21(27)24-22-9-14-3-15(10-22)5-16(4-14)11-22/h13-18H,1-12H2,(H2,23,24,25,27)/t13-,14?,15?,16?,17+,18-,22?/m1/s1. The summed E-state index contributed by atoms with van der Waals surface area (Å²) in [7, 11) is 0. The third kappa shape index (κ3) is 3.67. The van der Waals surface area contributed by atoms with Gasteiger partial charge in [0.2, 0.25) is 0 Å². The maximum atomic E-state index is 12.4. The Bertz CT molecular complexity index is 640. The summed E-state index contributed by atoms with van der Waals surface area (Å²) in [6.45, 7) is -0.367. The molecule has 0 spiro atoms. The van der Waals surface area contributed by atoms with E-state index in [2.05, 4.69) is 10.6 Å². The molecule has 0 saturated heterocycles. The van der Waals surface area contributed by atoms with Crippen LogP contribution in [0.4, 0.5) is 4.79 Å². The Balaban J connectivity index is 1.05. The number of esters is 1. The zero-order valence-electron chi connectivity index (χ0n) is 16.6. The normalized spacial score (nSPS) is 42.4. The van der Waals surface area contributed by atoms with Gasteiger partial charge in [-0.2, -0.15) is 0 Å². The molecule has 6 rings (SSSR count). The van der Waals surface area contributed by atoms with Crippen molar-refractivity contribution in [2.75, 3.05) is 6.61 Å². The molecule has 6 saturated carbocycles. The third-order valence-corrected chi connectivity index (χ3v) is 8.35. The van der Waals surface area contributed by atoms with Gasteiger partial charge in [0, 0.05) is 12.0 Å². The SMILES string of the molecule is O=C(COC(=O)C[C@H]1C[C@@H]2CC[C@H]1C2)NC(=O)NC12CC3CC(CC(C3)C1)C2. The van der Waals surface area contributed by atoms with Gasteiger partial charge in [-0.1, -0.05) is 6.42 Å². The summed E-state index contributed by atoms with van der Waals surface area (Å²) in [5.41, 5.74) is -0.127. The van der Waals surface area contributed by atoms with Crippen LogP contribution >= 0.6 is 0 Å². The number of hydrogen-bond acceptors (Lipinski definition) is 4. The van der Waals surface area contributed by atoms with Gasteiger partial charge in [0.05, 0.1) is 0 Å². The molecule has 6 bridgehead atoms. The van der Waals surface area contributed by atoms with Gasteiger partial charge < -0.3 is 10.1 Å².